The number of likely N-dealkylation sites (N-methyl/N-ethyl adjacent to an activating group) is 1. The van der Waals surface area contributed by atoms with Crippen molar-refractivity contribution in [2.45, 2.75) is 24.9 Å². The summed E-state index contributed by atoms with van der Waals surface area (Å²) in [6, 6.07) is 19.3. The molecule has 6 heteroatoms. The Kier molecular flexibility index (Phi) is 4.46. The van der Waals surface area contributed by atoms with E-state index in [0.717, 1.165) is 35.7 Å². The van der Waals surface area contributed by atoms with Gasteiger partial charge in [-0.05, 0) is 43.2 Å². The molecular formula is C23H23N3O3. The van der Waals surface area contributed by atoms with Crippen molar-refractivity contribution in [3.63, 3.8) is 0 Å². The van der Waals surface area contributed by atoms with Gasteiger partial charge in [0.2, 0.25) is 0 Å². The SMILES string of the molecule is CN(CC1COc2ccccc2O1)C(=O)c1cc(C2CC2)nn1-c1ccccc1. The van der Waals surface area contributed by atoms with Crippen LogP contribution in [0.5, 0.6) is 11.5 Å². The third-order valence-electron chi connectivity index (χ3n) is 5.34. The Bertz CT molecular complexity index is 1030. The van der Waals surface area contributed by atoms with Gasteiger partial charge >= 0.3 is 0 Å². The highest BCUT2D eigenvalue weighted by molar-refractivity contribution is 5.93. The van der Waals surface area contributed by atoms with Gasteiger partial charge < -0.3 is 14.4 Å². The fraction of sp³-hybridized carbons (Fsp3) is 0.304. The van der Waals surface area contributed by atoms with Crippen LogP contribution < -0.4 is 9.47 Å². The molecule has 0 radical (unpaired) electrons. The van der Waals surface area contributed by atoms with Crippen LogP contribution in [-0.2, 0) is 0 Å². The summed E-state index contributed by atoms with van der Waals surface area (Å²) in [5.74, 6) is 1.86. The Balaban J connectivity index is 1.36. The molecule has 2 aromatic carbocycles. The highest BCUT2D eigenvalue weighted by Crippen LogP contribution is 2.40. The first kappa shape index (κ1) is 17.8. The normalized spacial score (nSPS) is 17.8. The topological polar surface area (TPSA) is 56.6 Å². The summed E-state index contributed by atoms with van der Waals surface area (Å²) in [5.41, 5.74) is 2.47. The molecule has 1 fully saturated rings. The maximum Gasteiger partial charge on any atom is 0.272 e. The van der Waals surface area contributed by atoms with Crippen LogP contribution >= 0.6 is 0 Å². The number of hydrogen-bond donors (Lipinski definition) is 0. The van der Waals surface area contributed by atoms with Crippen LogP contribution in [0, 0.1) is 0 Å². The van der Waals surface area contributed by atoms with Gasteiger partial charge in [-0.1, -0.05) is 30.3 Å². The molecule has 1 amide bonds. The van der Waals surface area contributed by atoms with E-state index in [1.165, 1.54) is 0 Å². The van der Waals surface area contributed by atoms with Gasteiger partial charge in [0.15, 0.2) is 17.6 Å². The number of hydrogen-bond acceptors (Lipinski definition) is 4. The van der Waals surface area contributed by atoms with Crippen molar-refractivity contribution in [2.75, 3.05) is 20.2 Å². The van der Waals surface area contributed by atoms with E-state index in [-0.39, 0.29) is 12.0 Å². The number of benzene rings is 2. The molecule has 2 aliphatic rings. The van der Waals surface area contributed by atoms with E-state index in [1.807, 2.05) is 60.7 Å². The number of nitrogens with zero attached hydrogens (tertiary/aromatic N) is 3. The molecule has 5 rings (SSSR count). The quantitative estimate of drug-likeness (QED) is 0.668. The van der Waals surface area contributed by atoms with Gasteiger partial charge in [0.1, 0.15) is 12.3 Å². The van der Waals surface area contributed by atoms with Gasteiger partial charge in [0, 0.05) is 13.0 Å². The van der Waals surface area contributed by atoms with Crippen molar-refractivity contribution in [3.8, 4) is 17.2 Å². The van der Waals surface area contributed by atoms with Crippen LogP contribution in [0.25, 0.3) is 5.69 Å². The lowest BCUT2D eigenvalue weighted by Crippen LogP contribution is -2.42. The number of amides is 1. The zero-order chi connectivity index (χ0) is 19.8. The van der Waals surface area contributed by atoms with Gasteiger partial charge in [-0.2, -0.15) is 5.10 Å². The van der Waals surface area contributed by atoms with Crippen molar-refractivity contribution >= 4 is 5.91 Å². The minimum absolute atomic E-state index is 0.0734. The predicted octanol–water partition coefficient (Wildman–Crippen LogP) is 3.66. The highest BCUT2D eigenvalue weighted by Gasteiger charge is 2.31. The van der Waals surface area contributed by atoms with Crippen molar-refractivity contribution < 1.29 is 14.3 Å². The standard InChI is InChI=1S/C23H23N3O3/c1-25(14-18-15-28-21-9-5-6-10-22(21)29-18)23(27)20-13-19(16-11-12-16)24-26(20)17-7-3-2-4-8-17/h2-10,13,16,18H,11-12,14-15H2,1H3. The molecular weight excluding hydrogens is 366 g/mol. The average Bonchev–Trinajstić information content (AvgIpc) is 3.52. The van der Waals surface area contributed by atoms with Crippen LogP contribution in [0.1, 0.15) is 34.9 Å². The second-order valence-corrected chi connectivity index (χ2v) is 7.66. The second kappa shape index (κ2) is 7.28. The largest absolute Gasteiger partial charge is 0.486 e. The van der Waals surface area contributed by atoms with Crippen molar-refractivity contribution in [3.05, 3.63) is 72.1 Å². The monoisotopic (exact) mass is 389 g/mol. The lowest BCUT2D eigenvalue weighted by atomic mass is 10.2. The number of para-hydroxylation sites is 3. The predicted molar refractivity (Wildman–Crippen MR) is 109 cm³/mol. The van der Waals surface area contributed by atoms with Gasteiger partial charge in [-0.25, -0.2) is 4.68 Å². The molecule has 0 bridgehead atoms. The number of aromatic nitrogens is 2. The summed E-state index contributed by atoms with van der Waals surface area (Å²) < 4.78 is 13.6. The molecule has 1 aliphatic carbocycles. The summed E-state index contributed by atoms with van der Waals surface area (Å²) in [6.07, 6.45) is 2.07. The molecule has 3 aromatic rings. The maximum atomic E-state index is 13.3. The molecule has 0 spiro atoms. The molecule has 148 valence electrons. The minimum Gasteiger partial charge on any atom is -0.486 e. The van der Waals surface area contributed by atoms with Crippen LogP contribution in [0.15, 0.2) is 60.7 Å². The van der Waals surface area contributed by atoms with E-state index in [2.05, 4.69) is 0 Å². The molecule has 1 atom stereocenters. The van der Waals surface area contributed by atoms with Crippen molar-refractivity contribution in [2.24, 2.45) is 0 Å². The van der Waals surface area contributed by atoms with Crippen molar-refractivity contribution in [1.82, 2.24) is 14.7 Å². The number of carbonyl (C=O) groups is 1. The number of ether oxygens (including phenoxy) is 2. The highest BCUT2D eigenvalue weighted by atomic mass is 16.6. The molecule has 1 saturated carbocycles. The van der Waals surface area contributed by atoms with Gasteiger partial charge in [-0.15, -0.1) is 0 Å². The van der Waals surface area contributed by atoms with Crippen LogP contribution in [0.3, 0.4) is 0 Å². The third kappa shape index (κ3) is 3.58. The van der Waals surface area contributed by atoms with Crippen LogP contribution in [0.2, 0.25) is 0 Å². The summed E-state index contributed by atoms with van der Waals surface area (Å²) in [4.78, 5) is 15.0. The second-order valence-electron chi connectivity index (χ2n) is 7.66. The third-order valence-corrected chi connectivity index (χ3v) is 5.34. The Morgan fingerprint density at radius 3 is 2.59 bits per heavy atom. The Morgan fingerprint density at radius 2 is 1.83 bits per heavy atom. The molecule has 29 heavy (non-hydrogen) atoms. The molecule has 0 N–H and O–H groups in total. The van der Waals surface area contributed by atoms with E-state index in [9.17, 15) is 4.79 Å². The lowest BCUT2D eigenvalue weighted by molar-refractivity contribution is 0.0515. The molecule has 1 aliphatic heterocycles. The Labute approximate surface area is 169 Å². The van der Waals surface area contributed by atoms with E-state index in [0.29, 0.717) is 24.8 Å². The molecule has 0 saturated heterocycles. The first-order valence-electron chi connectivity index (χ1n) is 9.98. The smallest absolute Gasteiger partial charge is 0.272 e. The summed E-state index contributed by atoms with van der Waals surface area (Å²) >= 11 is 0. The van der Waals surface area contributed by atoms with E-state index >= 15 is 0 Å². The Hall–Kier alpha value is -3.28. The molecule has 2 heterocycles. The Morgan fingerprint density at radius 1 is 1.10 bits per heavy atom. The molecule has 6 nitrogen and oxygen atoms in total. The zero-order valence-corrected chi connectivity index (χ0v) is 16.3. The fourth-order valence-corrected chi connectivity index (χ4v) is 3.63. The van der Waals surface area contributed by atoms with Crippen LogP contribution in [-0.4, -0.2) is 46.9 Å². The zero-order valence-electron chi connectivity index (χ0n) is 16.3. The molecule has 1 aromatic heterocycles. The number of carbonyl (C=O) groups excluding carboxylic acids is 1. The summed E-state index contributed by atoms with van der Waals surface area (Å²) in [5, 5.41) is 4.74. The van der Waals surface area contributed by atoms with Crippen molar-refractivity contribution in [1.29, 1.82) is 0 Å². The summed E-state index contributed by atoms with van der Waals surface area (Å²) in [7, 11) is 1.80. The minimum atomic E-state index is -0.213. The number of rotatable bonds is 5. The maximum absolute atomic E-state index is 13.3. The fourth-order valence-electron chi connectivity index (χ4n) is 3.63. The lowest BCUT2D eigenvalue weighted by Gasteiger charge is -2.29. The van der Waals surface area contributed by atoms with Gasteiger partial charge in [0.25, 0.3) is 5.91 Å². The van der Waals surface area contributed by atoms with Gasteiger partial charge in [-0.3, -0.25) is 4.79 Å². The number of fused-ring (bicyclic) bond motifs is 1. The van der Waals surface area contributed by atoms with E-state index in [1.54, 1.807) is 16.6 Å². The summed E-state index contributed by atoms with van der Waals surface area (Å²) in [6.45, 7) is 0.853. The average molecular weight is 389 g/mol. The van der Waals surface area contributed by atoms with Crippen LogP contribution in [0.4, 0.5) is 0 Å². The first-order valence-corrected chi connectivity index (χ1v) is 9.98. The van der Waals surface area contributed by atoms with E-state index in [4.69, 9.17) is 14.6 Å². The first-order chi connectivity index (χ1) is 14.2. The van der Waals surface area contributed by atoms with E-state index < -0.39 is 0 Å². The molecule has 1 unspecified atom stereocenters. The van der Waals surface area contributed by atoms with Gasteiger partial charge in [0.05, 0.1) is 17.9 Å².